The SMILES string of the molecule is CC(C)CCN1CCc2cccc(N)c2C1=O. The largest absolute Gasteiger partial charge is 0.398 e. The van der Waals surface area contributed by atoms with Gasteiger partial charge in [0.2, 0.25) is 0 Å². The standard InChI is InChI=1S/C14H20N2O/c1-10(2)6-8-16-9-7-11-4-3-5-12(15)13(11)14(16)17/h3-5,10H,6-9,15H2,1-2H3. The number of nitrogens with zero attached hydrogens (tertiary/aromatic N) is 1. The highest BCUT2D eigenvalue weighted by Crippen LogP contribution is 2.24. The van der Waals surface area contributed by atoms with Crippen LogP contribution in [0.25, 0.3) is 0 Å². The normalized spacial score (nSPS) is 15.2. The molecular weight excluding hydrogens is 212 g/mol. The van der Waals surface area contributed by atoms with Crippen LogP contribution in [-0.4, -0.2) is 23.9 Å². The molecule has 17 heavy (non-hydrogen) atoms. The van der Waals surface area contributed by atoms with Gasteiger partial charge >= 0.3 is 0 Å². The van der Waals surface area contributed by atoms with Crippen LogP contribution >= 0.6 is 0 Å². The molecule has 0 saturated heterocycles. The zero-order chi connectivity index (χ0) is 12.4. The summed E-state index contributed by atoms with van der Waals surface area (Å²) in [4.78, 5) is 14.2. The maximum absolute atomic E-state index is 12.3. The van der Waals surface area contributed by atoms with Gasteiger partial charge < -0.3 is 10.6 Å². The van der Waals surface area contributed by atoms with Crippen molar-refractivity contribution in [2.45, 2.75) is 26.7 Å². The number of anilines is 1. The van der Waals surface area contributed by atoms with E-state index >= 15 is 0 Å². The molecule has 1 aliphatic heterocycles. The maximum atomic E-state index is 12.3. The van der Waals surface area contributed by atoms with Gasteiger partial charge in [0, 0.05) is 18.8 Å². The van der Waals surface area contributed by atoms with Crippen LogP contribution in [-0.2, 0) is 6.42 Å². The van der Waals surface area contributed by atoms with Crippen molar-refractivity contribution in [2.24, 2.45) is 5.92 Å². The van der Waals surface area contributed by atoms with Crippen LogP contribution in [0.15, 0.2) is 18.2 Å². The van der Waals surface area contributed by atoms with Gasteiger partial charge in [-0.1, -0.05) is 26.0 Å². The van der Waals surface area contributed by atoms with E-state index in [4.69, 9.17) is 5.73 Å². The molecule has 2 rings (SSSR count). The number of nitrogen functional groups attached to an aromatic ring is 1. The minimum atomic E-state index is 0.102. The molecule has 0 bridgehead atoms. The summed E-state index contributed by atoms with van der Waals surface area (Å²) >= 11 is 0. The van der Waals surface area contributed by atoms with Gasteiger partial charge in [-0.15, -0.1) is 0 Å². The van der Waals surface area contributed by atoms with Crippen molar-refractivity contribution in [1.82, 2.24) is 4.90 Å². The fourth-order valence-electron chi connectivity index (χ4n) is 2.23. The first-order chi connectivity index (χ1) is 8.09. The third kappa shape index (κ3) is 2.43. The molecule has 3 nitrogen and oxygen atoms in total. The molecule has 1 amide bonds. The van der Waals surface area contributed by atoms with Crippen LogP contribution in [0.3, 0.4) is 0 Å². The zero-order valence-corrected chi connectivity index (χ0v) is 10.6. The first-order valence-electron chi connectivity index (χ1n) is 6.26. The van der Waals surface area contributed by atoms with Gasteiger partial charge in [-0.3, -0.25) is 4.79 Å². The summed E-state index contributed by atoms with van der Waals surface area (Å²) in [6.07, 6.45) is 1.97. The number of amides is 1. The van der Waals surface area contributed by atoms with E-state index in [1.54, 1.807) is 0 Å². The number of fused-ring (bicyclic) bond motifs is 1. The van der Waals surface area contributed by atoms with Crippen molar-refractivity contribution >= 4 is 11.6 Å². The lowest BCUT2D eigenvalue weighted by atomic mass is 9.97. The van der Waals surface area contributed by atoms with Crippen LogP contribution in [0.1, 0.15) is 36.2 Å². The molecule has 0 unspecified atom stereocenters. The third-order valence-corrected chi connectivity index (χ3v) is 3.31. The second-order valence-corrected chi connectivity index (χ2v) is 5.11. The second-order valence-electron chi connectivity index (χ2n) is 5.11. The Labute approximate surface area is 103 Å². The first kappa shape index (κ1) is 12.0. The lowest BCUT2D eigenvalue weighted by Crippen LogP contribution is -2.39. The van der Waals surface area contributed by atoms with E-state index in [1.165, 1.54) is 0 Å². The number of carbonyl (C=O) groups is 1. The maximum Gasteiger partial charge on any atom is 0.256 e. The summed E-state index contributed by atoms with van der Waals surface area (Å²) in [6.45, 7) is 6.01. The van der Waals surface area contributed by atoms with E-state index in [-0.39, 0.29) is 5.91 Å². The van der Waals surface area contributed by atoms with Gasteiger partial charge in [0.1, 0.15) is 0 Å². The molecule has 0 atom stereocenters. The second kappa shape index (κ2) is 4.78. The Morgan fingerprint density at radius 1 is 1.41 bits per heavy atom. The molecule has 0 saturated carbocycles. The predicted octanol–water partition coefficient (Wildman–Crippen LogP) is 2.31. The Hall–Kier alpha value is -1.51. The van der Waals surface area contributed by atoms with E-state index in [1.807, 2.05) is 23.1 Å². The van der Waals surface area contributed by atoms with Crippen molar-refractivity contribution in [3.63, 3.8) is 0 Å². The third-order valence-electron chi connectivity index (χ3n) is 3.31. The lowest BCUT2D eigenvalue weighted by molar-refractivity contribution is 0.0733. The number of hydrogen-bond donors (Lipinski definition) is 1. The molecule has 1 heterocycles. The summed E-state index contributed by atoms with van der Waals surface area (Å²) in [6, 6.07) is 5.73. The number of hydrogen-bond acceptors (Lipinski definition) is 2. The van der Waals surface area contributed by atoms with E-state index in [9.17, 15) is 4.79 Å². The molecule has 0 radical (unpaired) electrons. The molecule has 1 aliphatic rings. The minimum Gasteiger partial charge on any atom is -0.398 e. The highest BCUT2D eigenvalue weighted by molar-refractivity contribution is 6.01. The van der Waals surface area contributed by atoms with E-state index in [0.29, 0.717) is 11.6 Å². The summed E-state index contributed by atoms with van der Waals surface area (Å²) < 4.78 is 0. The Balaban J connectivity index is 2.18. The summed E-state index contributed by atoms with van der Waals surface area (Å²) in [5, 5.41) is 0. The summed E-state index contributed by atoms with van der Waals surface area (Å²) in [5.41, 5.74) is 8.33. The molecule has 1 aromatic rings. The number of nitrogens with two attached hydrogens (primary N) is 1. The van der Waals surface area contributed by atoms with E-state index in [2.05, 4.69) is 13.8 Å². The van der Waals surface area contributed by atoms with Gasteiger partial charge in [-0.2, -0.15) is 0 Å². The molecule has 3 heteroatoms. The van der Waals surface area contributed by atoms with Crippen molar-refractivity contribution in [2.75, 3.05) is 18.8 Å². The monoisotopic (exact) mass is 232 g/mol. The van der Waals surface area contributed by atoms with Crippen molar-refractivity contribution < 1.29 is 4.79 Å². The van der Waals surface area contributed by atoms with Crippen molar-refractivity contribution in [3.05, 3.63) is 29.3 Å². The van der Waals surface area contributed by atoms with Crippen LogP contribution in [0.2, 0.25) is 0 Å². The van der Waals surface area contributed by atoms with Crippen LogP contribution in [0, 0.1) is 5.92 Å². The smallest absolute Gasteiger partial charge is 0.256 e. The molecular formula is C14H20N2O. The Kier molecular flexibility index (Phi) is 3.36. The number of carbonyl (C=O) groups excluding carboxylic acids is 1. The summed E-state index contributed by atoms with van der Waals surface area (Å²) in [7, 11) is 0. The van der Waals surface area contributed by atoms with Gasteiger partial charge in [0.25, 0.3) is 5.91 Å². The van der Waals surface area contributed by atoms with E-state index < -0.39 is 0 Å². The summed E-state index contributed by atoms with van der Waals surface area (Å²) in [5.74, 6) is 0.724. The molecule has 0 spiro atoms. The van der Waals surface area contributed by atoms with Gasteiger partial charge in [-0.05, 0) is 30.4 Å². The fraction of sp³-hybridized carbons (Fsp3) is 0.500. The molecule has 2 N–H and O–H groups in total. The first-order valence-corrected chi connectivity index (χ1v) is 6.26. The van der Waals surface area contributed by atoms with Crippen molar-refractivity contribution in [3.8, 4) is 0 Å². The quantitative estimate of drug-likeness (QED) is 0.813. The van der Waals surface area contributed by atoms with Gasteiger partial charge in [0.05, 0.1) is 5.56 Å². The molecule has 1 aromatic carbocycles. The highest BCUT2D eigenvalue weighted by Gasteiger charge is 2.25. The minimum absolute atomic E-state index is 0.102. The highest BCUT2D eigenvalue weighted by atomic mass is 16.2. The molecule has 0 aromatic heterocycles. The number of benzene rings is 1. The van der Waals surface area contributed by atoms with Gasteiger partial charge in [0.15, 0.2) is 0 Å². The van der Waals surface area contributed by atoms with Crippen LogP contribution < -0.4 is 5.73 Å². The topological polar surface area (TPSA) is 46.3 Å². The number of rotatable bonds is 3. The Bertz CT molecular complexity index is 426. The average Bonchev–Trinajstić information content (AvgIpc) is 2.28. The van der Waals surface area contributed by atoms with Crippen LogP contribution in [0.4, 0.5) is 5.69 Å². The van der Waals surface area contributed by atoms with Crippen molar-refractivity contribution in [1.29, 1.82) is 0 Å². The Morgan fingerprint density at radius 3 is 2.88 bits per heavy atom. The zero-order valence-electron chi connectivity index (χ0n) is 10.6. The molecule has 0 fully saturated rings. The fourth-order valence-corrected chi connectivity index (χ4v) is 2.23. The van der Waals surface area contributed by atoms with Gasteiger partial charge in [-0.25, -0.2) is 0 Å². The van der Waals surface area contributed by atoms with E-state index in [0.717, 1.165) is 37.1 Å². The van der Waals surface area contributed by atoms with Crippen LogP contribution in [0.5, 0.6) is 0 Å². The lowest BCUT2D eigenvalue weighted by Gasteiger charge is -2.29. The molecule has 0 aliphatic carbocycles. The molecule has 92 valence electrons. The predicted molar refractivity (Wildman–Crippen MR) is 69.9 cm³/mol. The Morgan fingerprint density at radius 2 is 2.18 bits per heavy atom. The average molecular weight is 232 g/mol.